The van der Waals surface area contributed by atoms with Gasteiger partial charge in [-0.3, -0.25) is 9.80 Å². The smallest absolute Gasteiger partial charge is 0.319 e. The molecule has 3 aromatic carbocycles. The van der Waals surface area contributed by atoms with Gasteiger partial charge >= 0.3 is 6.01 Å². The van der Waals surface area contributed by atoms with Crippen molar-refractivity contribution in [3.8, 4) is 22.9 Å². The third-order valence-corrected chi connectivity index (χ3v) is 10.8. The first kappa shape index (κ1) is 29.7. The Labute approximate surface area is 266 Å². The summed E-state index contributed by atoms with van der Waals surface area (Å²) in [5.41, 5.74) is 0.418. The number of anilines is 1. The van der Waals surface area contributed by atoms with Gasteiger partial charge in [0.2, 0.25) is 0 Å². The number of phenols is 1. The van der Waals surface area contributed by atoms with Crippen molar-refractivity contribution in [2.45, 2.75) is 62.3 Å². The average molecular weight is 632 g/mol. The number of phenolic OH excluding ortho intramolecular Hbond substituents is 1. The van der Waals surface area contributed by atoms with Crippen LogP contribution < -0.4 is 9.64 Å². The lowest BCUT2D eigenvalue weighted by molar-refractivity contribution is 0.0375. The second-order valence-electron chi connectivity index (χ2n) is 13.5. The van der Waals surface area contributed by atoms with Crippen LogP contribution in [0.2, 0.25) is 0 Å². The number of fused-ring (bicyclic) bond motifs is 5. The van der Waals surface area contributed by atoms with Gasteiger partial charge in [-0.1, -0.05) is 18.2 Å². The fraction of sp³-hybridized carbons (Fsp3) is 0.486. The molecule has 2 unspecified atom stereocenters. The summed E-state index contributed by atoms with van der Waals surface area (Å²) in [7, 11) is 0. The highest BCUT2D eigenvalue weighted by Gasteiger charge is 2.45. The number of aromatic nitrogens is 2. The van der Waals surface area contributed by atoms with Crippen molar-refractivity contribution in [3.05, 3.63) is 54.1 Å². The Hall–Kier alpha value is -3.64. The van der Waals surface area contributed by atoms with E-state index < -0.39 is 17.7 Å². The van der Waals surface area contributed by atoms with Crippen molar-refractivity contribution < 1.29 is 28.8 Å². The van der Waals surface area contributed by atoms with E-state index >= 15 is 8.78 Å². The summed E-state index contributed by atoms with van der Waals surface area (Å²) in [5, 5.41) is 31.3. The van der Waals surface area contributed by atoms with Crippen LogP contribution in [0.3, 0.4) is 0 Å². The number of aliphatic hydroxyl groups excluding tert-OH is 2. The molecule has 242 valence electrons. The molecule has 9 nitrogen and oxygen atoms in total. The van der Waals surface area contributed by atoms with Crippen LogP contribution in [-0.2, 0) is 0 Å². The monoisotopic (exact) mass is 631 g/mol. The van der Waals surface area contributed by atoms with Crippen molar-refractivity contribution >= 4 is 27.5 Å². The zero-order valence-electron chi connectivity index (χ0n) is 25.7. The third-order valence-electron chi connectivity index (χ3n) is 10.8. The molecule has 0 saturated carbocycles. The molecule has 4 aliphatic rings. The molecular formula is C35H39F2N5O4. The number of hydrogen-bond donors (Lipinski definition) is 3. The van der Waals surface area contributed by atoms with E-state index in [1.807, 2.05) is 0 Å². The minimum atomic E-state index is -0.800. The number of aliphatic hydroxyl groups is 2. The molecule has 8 rings (SSSR count). The molecule has 3 N–H and O–H groups in total. The third kappa shape index (κ3) is 4.95. The lowest BCUT2D eigenvalue weighted by atomic mass is 9.95. The summed E-state index contributed by atoms with van der Waals surface area (Å²) in [4.78, 5) is 16.5. The Morgan fingerprint density at radius 3 is 2.48 bits per heavy atom. The largest absolute Gasteiger partial charge is 0.508 e. The van der Waals surface area contributed by atoms with Crippen molar-refractivity contribution in [1.29, 1.82) is 0 Å². The lowest BCUT2D eigenvalue weighted by Crippen LogP contribution is -2.56. The fourth-order valence-electron chi connectivity index (χ4n) is 8.64. The zero-order chi connectivity index (χ0) is 31.6. The van der Waals surface area contributed by atoms with Crippen LogP contribution in [-0.4, -0.2) is 105 Å². The summed E-state index contributed by atoms with van der Waals surface area (Å²) in [6.07, 6.45) is 5.46. The van der Waals surface area contributed by atoms with Crippen LogP contribution in [0, 0.1) is 11.6 Å². The van der Waals surface area contributed by atoms with E-state index in [4.69, 9.17) is 9.72 Å². The summed E-state index contributed by atoms with van der Waals surface area (Å²) >= 11 is 0. The van der Waals surface area contributed by atoms with E-state index in [0.717, 1.165) is 51.6 Å². The summed E-state index contributed by atoms with van der Waals surface area (Å²) in [6.45, 7) is 3.92. The predicted molar refractivity (Wildman–Crippen MR) is 171 cm³/mol. The first-order valence-corrected chi connectivity index (χ1v) is 16.4. The van der Waals surface area contributed by atoms with Gasteiger partial charge in [0.1, 0.15) is 29.5 Å². The quantitative estimate of drug-likeness (QED) is 0.260. The number of piperazine rings is 1. The van der Waals surface area contributed by atoms with Gasteiger partial charge in [-0.05, 0) is 86.8 Å². The Balaban J connectivity index is 1.22. The molecule has 11 heteroatoms. The van der Waals surface area contributed by atoms with Gasteiger partial charge < -0.3 is 25.0 Å². The highest BCUT2D eigenvalue weighted by atomic mass is 19.1. The minimum Gasteiger partial charge on any atom is -0.508 e. The van der Waals surface area contributed by atoms with Crippen LogP contribution in [0.4, 0.5) is 14.6 Å². The Morgan fingerprint density at radius 2 is 1.74 bits per heavy atom. The number of aromatic hydroxyl groups is 1. The topological polar surface area (TPSA) is 105 Å². The molecule has 4 saturated heterocycles. The highest BCUT2D eigenvalue weighted by molar-refractivity contribution is 6.01. The molecule has 46 heavy (non-hydrogen) atoms. The van der Waals surface area contributed by atoms with E-state index in [1.165, 1.54) is 18.2 Å². The highest BCUT2D eigenvalue weighted by Crippen LogP contribution is 2.42. The number of benzene rings is 3. The van der Waals surface area contributed by atoms with Gasteiger partial charge in [0.15, 0.2) is 5.82 Å². The van der Waals surface area contributed by atoms with E-state index in [0.29, 0.717) is 42.8 Å². The van der Waals surface area contributed by atoms with E-state index in [9.17, 15) is 15.3 Å². The molecule has 3 atom stereocenters. The standard InChI is InChI=1S/C35H39F2N5O4/c36-29-5-1-4-21-14-24(44)15-28(30(21)29)26-8-9-27-32(31(26)37)38-34(46-20-35-10-2-12-41(35)13-3-11-35)39-33(27)40-16-22-6-7-23(17-40)42(22)18-25(45)19-43/h1,4-5,8-9,14-15,22-23,25,43-45H,2-3,6-7,10-13,16-20H2/t22?,23?,25-/m1/s1. The molecule has 5 heterocycles. The Morgan fingerprint density at radius 1 is 0.978 bits per heavy atom. The van der Waals surface area contributed by atoms with Gasteiger partial charge in [0.05, 0.1) is 18.2 Å². The Kier molecular flexibility index (Phi) is 7.47. The molecule has 0 aliphatic carbocycles. The van der Waals surface area contributed by atoms with Gasteiger partial charge in [-0.2, -0.15) is 9.97 Å². The second-order valence-corrected chi connectivity index (χ2v) is 13.5. The molecule has 0 spiro atoms. The maximum absolute atomic E-state index is 16.8. The van der Waals surface area contributed by atoms with Gasteiger partial charge in [-0.25, -0.2) is 8.78 Å². The molecule has 1 aromatic heterocycles. The van der Waals surface area contributed by atoms with Crippen LogP contribution in [0.1, 0.15) is 38.5 Å². The molecule has 4 aromatic rings. The zero-order valence-corrected chi connectivity index (χ0v) is 25.7. The van der Waals surface area contributed by atoms with Crippen LogP contribution in [0.5, 0.6) is 11.8 Å². The summed E-state index contributed by atoms with van der Waals surface area (Å²) in [5.74, 6) is -0.633. The maximum Gasteiger partial charge on any atom is 0.319 e. The predicted octanol–water partition coefficient (Wildman–Crippen LogP) is 4.45. The van der Waals surface area contributed by atoms with Gasteiger partial charge in [0, 0.05) is 48.1 Å². The Bertz CT molecular complexity index is 1780. The van der Waals surface area contributed by atoms with E-state index in [-0.39, 0.29) is 58.0 Å². The molecule has 0 radical (unpaired) electrons. The van der Waals surface area contributed by atoms with E-state index in [2.05, 4.69) is 19.7 Å². The van der Waals surface area contributed by atoms with Crippen LogP contribution in [0.15, 0.2) is 42.5 Å². The first-order valence-electron chi connectivity index (χ1n) is 16.4. The van der Waals surface area contributed by atoms with Crippen LogP contribution in [0.25, 0.3) is 32.8 Å². The maximum atomic E-state index is 16.8. The van der Waals surface area contributed by atoms with Gasteiger partial charge in [-0.15, -0.1) is 0 Å². The number of nitrogens with zero attached hydrogens (tertiary/aromatic N) is 5. The molecule has 0 amide bonds. The normalized spacial score (nSPS) is 23.4. The SMILES string of the molecule is OC[C@H](O)CN1C2CCC1CN(c1nc(OCC34CCCN3CCC4)nc3c(F)c(-c4cc(O)cc5cccc(F)c45)ccc13)C2. The van der Waals surface area contributed by atoms with Crippen molar-refractivity contribution in [3.63, 3.8) is 0 Å². The molecule has 4 fully saturated rings. The summed E-state index contributed by atoms with van der Waals surface area (Å²) in [6, 6.07) is 11.3. The van der Waals surface area contributed by atoms with Crippen molar-refractivity contribution in [2.75, 3.05) is 50.8 Å². The molecule has 2 bridgehead atoms. The first-order chi connectivity index (χ1) is 22.3. The fourth-order valence-corrected chi connectivity index (χ4v) is 8.64. The minimum absolute atomic E-state index is 0.0465. The van der Waals surface area contributed by atoms with Crippen LogP contribution >= 0.6 is 0 Å². The molecule has 4 aliphatic heterocycles. The van der Waals surface area contributed by atoms with Gasteiger partial charge in [0.25, 0.3) is 0 Å². The summed E-state index contributed by atoms with van der Waals surface area (Å²) < 4.78 is 38.3. The average Bonchev–Trinajstić information content (AvgIpc) is 3.69. The van der Waals surface area contributed by atoms with E-state index in [1.54, 1.807) is 24.3 Å². The molecular weight excluding hydrogens is 592 g/mol. The van der Waals surface area contributed by atoms with Crippen molar-refractivity contribution in [1.82, 2.24) is 19.8 Å². The van der Waals surface area contributed by atoms with Crippen molar-refractivity contribution in [2.24, 2.45) is 0 Å². The number of halogens is 2. The lowest BCUT2D eigenvalue weighted by Gasteiger charge is -2.42. The number of ether oxygens (including phenoxy) is 1. The number of hydrogen-bond acceptors (Lipinski definition) is 9. The second kappa shape index (κ2) is 11.6. The number of rotatable bonds is 8.